The molecule has 3 heterocycles. The van der Waals surface area contributed by atoms with Gasteiger partial charge in [0, 0.05) is 20.0 Å². The number of carbonyl (C=O) groups is 1. The monoisotopic (exact) mass is 395 g/mol. The molecule has 0 aromatic carbocycles. The van der Waals surface area contributed by atoms with Crippen molar-refractivity contribution < 1.29 is 23.4 Å². The van der Waals surface area contributed by atoms with Gasteiger partial charge >= 0.3 is 5.97 Å². The molecule has 1 atom stereocenters. The predicted molar refractivity (Wildman–Crippen MR) is 96.8 cm³/mol. The number of hydrogen-bond acceptors (Lipinski definition) is 7. The first-order valence-electron chi connectivity index (χ1n) is 8.89. The Labute approximate surface area is 161 Å². The summed E-state index contributed by atoms with van der Waals surface area (Å²) >= 11 is 0. The number of aliphatic hydroxyl groups is 1. The summed E-state index contributed by atoms with van der Waals surface area (Å²) in [5, 5.41) is 13.6. The lowest BCUT2D eigenvalue weighted by Crippen LogP contribution is -2.48. The van der Waals surface area contributed by atoms with Crippen molar-refractivity contribution in [2.45, 2.75) is 32.3 Å². The van der Waals surface area contributed by atoms with Crippen molar-refractivity contribution in [3.63, 3.8) is 0 Å². The number of methoxy groups -OCH3 is 1. The lowest BCUT2D eigenvalue weighted by atomic mass is 9.92. The highest BCUT2D eigenvalue weighted by Gasteiger charge is 2.41. The lowest BCUT2D eigenvalue weighted by molar-refractivity contribution is -0.142. The molecule has 3 rings (SSSR count). The lowest BCUT2D eigenvalue weighted by Gasteiger charge is -2.38. The third-order valence-electron chi connectivity index (χ3n) is 4.92. The molecule has 10 heteroatoms. The van der Waals surface area contributed by atoms with Crippen LogP contribution in [0, 0.1) is 12.8 Å². The van der Waals surface area contributed by atoms with Gasteiger partial charge in [-0.15, -0.1) is 0 Å². The average molecular weight is 395 g/mol. The molecule has 2 aromatic rings. The Balaban J connectivity index is 1.87. The van der Waals surface area contributed by atoms with Crippen LogP contribution in [0.1, 0.15) is 24.2 Å². The summed E-state index contributed by atoms with van der Waals surface area (Å²) in [7, 11) is 2.95. The molecule has 0 unspecified atom stereocenters. The molecule has 0 bridgehead atoms. The van der Waals surface area contributed by atoms with E-state index < -0.39 is 24.4 Å². The van der Waals surface area contributed by atoms with E-state index in [1.165, 1.54) is 22.9 Å². The fourth-order valence-electron chi connectivity index (χ4n) is 3.58. The van der Waals surface area contributed by atoms with Gasteiger partial charge in [-0.05, 0) is 12.8 Å². The Morgan fingerprint density at radius 1 is 1.43 bits per heavy atom. The summed E-state index contributed by atoms with van der Waals surface area (Å²) in [6.07, 6.45) is 2.64. The van der Waals surface area contributed by atoms with Gasteiger partial charge in [0.15, 0.2) is 5.82 Å². The molecule has 0 amide bonds. The summed E-state index contributed by atoms with van der Waals surface area (Å²) in [5.74, 6) is -3.57. The van der Waals surface area contributed by atoms with Gasteiger partial charge in [-0.25, -0.2) is 18.7 Å². The van der Waals surface area contributed by atoms with Crippen LogP contribution in [0.3, 0.4) is 0 Å². The van der Waals surface area contributed by atoms with Gasteiger partial charge < -0.3 is 14.7 Å². The number of anilines is 1. The van der Waals surface area contributed by atoms with Crippen molar-refractivity contribution in [2.75, 3.05) is 25.1 Å². The number of piperidine rings is 1. The normalized spacial score (nSPS) is 18.9. The van der Waals surface area contributed by atoms with Crippen molar-refractivity contribution in [1.29, 1.82) is 0 Å². The summed E-state index contributed by atoms with van der Waals surface area (Å²) in [5.41, 5.74) is 2.18. The Kier molecular flexibility index (Phi) is 5.59. The van der Waals surface area contributed by atoms with Crippen LogP contribution >= 0.6 is 0 Å². The number of halogens is 2. The molecular formula is C18H23F2N5O3. The molecule has 8 nitrogen and oxygen atoms in total. The molecule has 1 fully saturated rings. The number of ether oxygens (including phenoxy) is 1. The van der Waals surface area contributed by atoms with Crippen molar-refractivity contribution in [2.24, 2.45) is 13.0 Å². The van der Waals surface area contributed by atoms with Crippen LogP contribution in [-0.4, -0.2) is 56.9 Å². The molecule has 0 saturated carbocycles. The predicted octanol–water partition coefficient (Wildman–Crippen LogP) is 1.70. The van der Waals surface area contributed by atoms with Crippen LogP contribution in [0.25, 0.3) is 11.4 Å². The molecule has 1 saturated heterocycles. The highest BCUT2D eigenvalue weighted by atomic mass is 19.3. The Morgan fingerprint density at radius 2 is 2.18 bits per heavy atom. The minimum atomic E-state index is -2.92. The first-order chi connectivity index (χ1) is 13.2. The second kappa shape index (κ2) is 7.78. The fraction of sp³-hybridized carbons (Fsp3) is 0.556. The molecule has 0 aliphatic carbocycles. The minimum Gasteiger partial charge on any atom is -0.469 e. The molecular weight excluding hydrogens is 372 g/mol. The van der Waals surface area contributed by atoms with Gasteiger partial charge in [0.05, 0.1) is 61.7 Å². The average Bonchev–Trinajstić information content (AvgIpc) is 3.00. The first-order valence-corrected chi connectivity index (χ1v) is 8.89. The van der Waals surface area contributed by atoms with Crippen LogP contribution in [0.15, 0.2) is 12.4 Å². The highest BCUT2D eigenvalue weighted by molar-refractivity contribution is 5.69. The standard InChI is InChI=1S/C18H23F2N5O3/c1-11-14(7-21-17(23-11)13-6-22-24(2)15(13)9-26)25-8-12(4-16(27)28-3)5-18(19,20)10-25/h6-7,12,26H,4-5,8-10H2,1-3H3/t12-/m0/s1. The van der Waals surface area contributed by atoms with E-state index in [2.05, 4.69) is 19.8 Å². The number of aliphatic hydroxyl groups excluding tert-OH is 1. The highest BCUT2D eigenvalue weighted by Crippen LogP contribution is 2.35. The Morgan fingerprint density at radius 3 is 2.82 bits per heavy atom. The van der Waals surface area contributed by atoms with Crippen LogP contribution in [0.2, 0.25) is 0 Å². The van der Waals surface area contributed by atoms with Crippen LogP contribution < -0.4 is 4.90 Å². The minimum absolute atomic E-state index is 0.0594. The van der Waals surface area contributed by atoms with Crippen molar-refractivity contribution in [3.8, 4) is 11.4 Å². The number of esters is 1. The summed E-state index contributed by atoms with van der Waals surface area (Å²) in [6, 6.07) is 0. The second-order valence-electron chi connectivity index (χ2n) is 7.04. The molecule has 152 valence electrons. The van der Waals surface area contributed by atoms with Crippen LogP contribution in [0.4, 0.5) is 14.5 Å². The maximum absolute atomic E-state index is 14.2. The van der Waals surface area contributed by atoms with Gasteiger partial charge in [-0.2, -0.15) is 5.10 Å². The summed E-state index contributed by atoms with van der Waals surface area (Å²) in [6.45, 7) is 1.34. The third kappa shape index (κ3) is 4.11. The van der Waals surface area contributed by atoms with Crippen molar-refractivity contribution in [3.05, 3.63) is 23.8 Å². The second-order valence-corrected chi connectivity index (χ2v) is 7.04. The van der Waals surface area contributed by atoms with Gasteiger partial charge in [0.2, 0.25) is 0 Å². The van der Waals surface area contributed by atoms with Crippen LogP contribution in [-0.2, 0) is 23.2 Å². The quantitative estimate of drug-likeness (QED) is 0.770. The maximum Gasteiger partial charge on any atom is 0.305 e. The van der Waals surface area contributed by atoms with E-state index in [9.17, 15) is 18.7 Å². The molecule has 0 radical (unpaired) electrons. The summed E-state index contributed by atoms with van der Waals surface area (Å²) < 4.78 is 34.6. The van der Waals surface area contributed by atoms with E-state index in [0.29, 0.717) is 35.0 Å². The first kappa shape index (κ1) is 20.1. The Bertz CT molecular complexity index is 871. The molecule has 0 spiro atoms. The number of alkyl halides is 2. The molecule has 1 N–H and O–H groups in total. The third-order valence-corrected chi connectivity index (χ3v) is 4.92. The van der Waals surface area contributed by atoms with E-state index in [1.54, 1.807) is 20.2 Å². The zero-order valence-electron chi connectivity index (χ0n) is 16.0. The SMILES string of the molecule is COC(=O)C[C@@H]1CN(c2cnc(-c3cnn(C)c3CO)nc2C)CC(F)(F)C1. The van der Waals surface area contributed by atoms with E-state index in [1.807, 2.05) is 0 Å². The maximum atomic E-state index is 14.2. The van der Waals surface area contributed by atoms with E-state index in [0.717, 1.165) is 0 Å². The number of nitrogens with zero attached hydrogens (tertiary/aromatic N) is 5. The Hall–Kier alpha value is -2.62. The van der Waals surface area contributed by atoms with Gasteiger partial charge in [-0.1, -0.05) is 0 Å². The summed E-state index contributed by atoms with van der Waals surface area (Å²) in [4.78, 5) is 21.8. The largest absolute Gasteiger partial charge is 0.469 e. The number of aryl methyl sites for hydroxylation is 2. The van der Waals surface area contributed by atoms with Gasteiger partial charge in [0.25, 0.3) is 5.92 Å². The number of aromatic nitrogens is 4. The zero-order valence-corrected chi connectivity index (χ0v) is 16.0. The fourth-order valence-corrected chi connectivity index (χ4v) is 3.58. The molecule has 2 aromatic heterocycles. The van der Waals surface area contributed by atoms with E-state index in [-0.39, 0.29) is 19.4 Å². The van der Waals surface area contributed by atoms with Crippen LogP contribution in [0.5, 0.6) is 0 Å². The van der Waals surface area contributed by atoms with Crippen molar-refractivity contribution >= 4 is 11.7 Å². The molecule has 1 aliphatic rings. The van der Waals surface area contributed by atoms with Crippen molar-refractivity contribution in [1.82, 2.24) is 19.7 Å². The topological polar surface area (TPSA) is 93.4 Å². The van der Waals surface area contributed by atoms with Gasteiger partial charge in [-0.3, -0.25) is 9.48 Å². The molecule has 28 heavy (non-hydrogen) atoms. The number of rotatable bonds is 5. The number of carbonyl (C=O) groups excluding carboxylic acids is 1. The number of hydrogen-bond donors (Lipinski definition) is 1. The molecule has 1 aliphatic heterocycles. The van der Waals surface area contributed by atoms with E-state index >= 15 is 0 Å². The smallest absolute Gasteiger partial charge is 0.305 e. The van der Waals surface area contributed by atoms with E-state index in [4.69, 9.17) is 0 Å². The van der Waals surface area contributed by atoms with Gasteiger partial charge in [0.1, 0.15) is 0 Å². The zero-order chi connectivity index (χ0) is 20.5.